The van der Waals surface area contributed by atoms with Gasteiger partial charge in [0.05, 0.1) is 5.69 Å². The minimum absolute atomic E-state index is 0.110. The number of carbonyl (C=O) groups is 1. The fourth-order valence-electron chi connectivity index (χ4n) is 2.87. The van der Waals surface area contributed by atoms with Crippen LogP contribution < -0.4 is 5.43 Å². The zero-order valence-electron chi connectivity index (χ0n) is 11.7. The molecule has 1 aliphatic heterocycles. The first-order valence-electron chi connectivity index (χ1n) is 7.10. The number of fused-ring (bicyclic) bond motifs is 1. The number of H-pyrrole nitrogens is 1. The van der Waals surface area contributed by atoms with Gasteiger partial charge < -0.3 is 4.98 Å². The van der Waals surface area contributed by atoms with E-state index in [0.717, 1.165) is 22.2 Å². The van der Waals surface area contributed by atoms with E-state index in [1.54, 1.807) is 5.01 Å². The van der Waals surface area contributed by atoms with Gasteiger partial charge in [0.1, 0.15) is 11.4 Å². The van der Waals surface area contributed by atoms with Gasteiger partial charge in [-0.2, -0.15) is 0 Å². The number of amides is 1. The molecular weight excluding hydrogens is 298 g/mol. The van der Waals surface area contributed by atoms with Crippen LogP contribution in [0.5, 0.6) is 0 Å². The van der Waals surface area contributed by atoms with Gasteiger partial charge in [-0.3, -0.25) is 10.2 Å². The number of benzene rings is 2. The van der Waals surface area contributed by atoms with Crippen LogP contribution in [0.3, 0.4) is 0 Å². The summed E-state index contributed by atoms with van der Waals surface area (Å²) in [5.74, 6) is -0.110. The minimum Gasteiger partial charge on any atom is -0.361 e. The SMILES string of the molecule is O=C1C(Cl)C(c2c[nH]c3ccccc23)N1Nc1ccccc1. The number of alkyl halides is 1. The second-order valence-electron chi connectivity index (χ2n) is 5.32. The average molecular weight is 312 g/mol. The summed E-state index contributed by atoms with van der Waals surface area (Å²) >= 11 is 6.27. The number of nitrogens with one attached hydrogen (secondary N) is 2. The van der Waals surface area contributed by atoms with Gasteiger partial charge in [0.25, 0.3) is 5.91 Å². The lowest BCUT2D eigenvalue weighted by molar-refractivity contribution is -0.142. The zero-order chi connectivity index (χ0) is 15.1. The van der Waals surface area contributed by atoms with Crippen molar-refractivity contribution in [2.45, 2.75) is 11.4 Å². The Balaban J connectivity index is 1.69. The molecule has 2 N–H and O–H groups in total. The third-order valence-corrected chi connectivity index (χ3v) is 4.42. The van der Waals surface area contributed by atoms with Gasteiger partial charge in [-0.25, -0.2) is 5.01 Å². The quantitative estimate of drug-likeness (QED) is 0.572. The third-order valence-electron chi connectivity index (χ3n) is 3.99. The smallest absolute Gasteiger partial charge is 0.262 e. The molecule has 4 nitrogen and oxygen atoms in total. The van der Waals surface area contributed by atoms with Gasteiger partial charge in [-0.05, 0) is 18.2 Å². The Labute approximate surface area is 132 Å². The zero-order valence-corrected chi connectivity index (χ0v) is 12.4. The molecule has 2 unspecified atom stereocenters. The van der Waals surface area contributed by atoms with Crippen LogP contribution in [0.1, 0.15) is 11.6 Å². The number of hydrogen-bond donors (Lipinski definition) is 2. The molecule has 22 heavy (non-hydrogen) atoms. The van der Waals surface area contributed by atoms with Crippen molar-refractivity contribution < 1.29 is 4.79 Å². The van der Waals surface area contributed by atoms with Gasteiger partial charge in [0.2, 0.25) is 0 Å². The van der Waals surface area contributed by atoms with Gasteiger partial charge in [-0.15, -0.1) is 11.6 Å². The van der Waals surface area contributed by atoms with Crippen LogP contribution in [0.2, 0.25) is 0 Å². The second-order valence-corrected chi connectivity index (χ2v) is 5.79. The number of para-hydroxylation sites is 2. The van der Waals surface area contributed by atoms with Crippen LogP contribution >= 0.6 is 11.6 Å². The van der Waals surface area contributed by atoms with Crippen LogP contribution in [-0.4, -0.2) is 21.3 Å². The molecule has 0 saturated carbocycles. The Kier molecular flexibility index (Phi) is 3.05. The minimum atomic E-state index is -0.546. The van der Waals surface area contributed by atoms with E-state index in [-0.39, 0.29) is 11.9 Å². The van der Waals surface area contributed by atoms with Gasteiger partial charge in [-0.1, -0.05) is 36.4 Å². The molecule has 3 aromatic rings. The molecule has 0 spiro atoms. The summed E-state index contributed by atoms with van der Waals surface area (Å²) in [5.41, 5.74) is 6.08. The molecule has 5 heteroatoms. The summed E-state index contributed by atoms with van der Waals surface area (Å²) in [6, 6.07) is 17.4. The maximum atomic E-state index is 12.1. The molecular formula is C17H14ClN3O. The number of aromatic amines is 1. The molecule has 1 saturated heterocycles. The van der Waals surface area contributed by atoms with E-state index in [1.165, 1.54) is 0 Å². The Morgan fingerprint density at radius 3 is 2.59 bits per heavy atom. The summed E-state index contributed by atoms with van der Waals surface area (Å²) in [5, 5.41) is 2.14. The molecule has 0 aliphatic carbocycles. The van der Waals surface area contributed by atoms with Crippen molar-refractivity contribution >= 4 is 34.1 Å². The molecule has 1 aliphatic rings. The number of carbonyl (C=O) groups excluding carboxylic acids is 1. The van der Waals surface area contributed by atoms with Crippen LogP contribution in [0.25, 0.3) is 10.9 Å². The first kappa shape index (κ1) is 13.2. The lowest BCUT2D eigenvalue weighted by Crippen LogP contribution is -2.58. The highest BCUT2D eigenvalue weighted by atomic mass is 35.5. The molecule has 0 bridgehead atoms. The molecule has 2 aromatic carbocycles. The van der Waals surface area contributed by atoms with Crippen LogP contribution in [0.4, 0.5) is 5.69 Å². The second kappa shape index (κ2) is 5.07. The average Bonchev–Trinajstić information content (AvgIpc) is 2.99. The Bertz CT molecular complexity index is 830. The summed E-state index contributed by atoms with van der Waals surface area (Å²) in [6.07, 6.45) is 1.93. The fourth-order valence-corrected chi connectivity index (χ4v) is 3.22. The number of anilines is 1. The maximum absolute atomic E-state index is 12.1. The predicted octanol–water partition coefficient (Wildman–Crippen LogP) is 3.69. The molecule has 4 rings (SSSR count). The van der Waals surface area contributed by atoms with E-state index in [4.69, 9.17) is 11.6 Å². The number of halogens is 1. The number of β-lactam (4-membered cyclic amide) rings is 1. The first-order valence-corrected chi connectivity index (χ1v) is 7.54. The highest BCUT2D eigenvalue weighted by Gasteiger charge is 2.48. The van der Waals surface area contributed by atoms with Gasteiger partial charge in [0, 0.05) is 22.7 Å². The highest BCUT2D eigenvalue weighted by molar-refractivity contribution is 6.34. The highest BCUT2D eigenvalue weighted by Crippen LogP contribution is 2.41. The van der Waals surface area contributed by atoms with Crippen molar-refractivity contribution in [3.8, 4) is 0 Å². The number of hydrogen-bond acceptors (Lipinski definition) is 2. The molecule has 2 atom stereocenters. The molecule has 1 fully saturated rings. The predicted molar refractivity (Wildman–Crippen MR) is 87.6 cm³/mol. The van der Waals surface area contributed by atoms with Crippen LogP contribution in [0.15, 0.2) is 60.8 Å². The van der Waals surface area contributed by atoms with E-state index in [2.05, 4.69) is 10.4 Å². The normalized spacial score (nSPS) is 21.0. The third kappa shape index (κ3) is 1.96. The molecule has 1 amide bonds. The van der Waals surface area contributed by atoms with Crippen LogP contribution in [-0.2, 0) is 4.79 Å². The first-order chi connectivity index (χ1) is 10.8. The van der Waals surface area contributed by atoms with E-state index in [9.17, 15) is 4.79 Å². The monoisotopic (exact) mass is 311 g/mol. The summed E-state index contributed by atoms with van der Waals surface area (Å²) in [4.78, 5) is 15.4. The molecule has 2 heterocycles. The van der Waals surface area contributed by atoms with E-state index < -0.39 is 5.38 Å². The molecule has 110 valence electrons. The summed E-state index contributed by atoms with van der Waals surface area (Å²) in [7, 11) is 0. The van der Waals surface area contributed by atoms with Crippen molar-refractivity contribution in [1.29, 1.82) is 0 Å². The Morgan fingerprint density at radius 1 is 1.05 bits per heavy atom. The van der Waals surface area contributed by atoms with E-state index in [0.29, 0.717) is 0 Å². The van der Waals surface area contributed by atoms with E-state index in [1.807, 2.05) is 60.8 Å². The summed E-state index contributed by atoms with van der Waals surface area (Å²) < 4.78 is 0. The standard InChI is InChI=1S/C17H14ClN3O/c18-15-16(13-10-19-14-9-5-4-8-12(13)14)21(17(15)22)20-11-6-2-1-3-7-11/h1-10,15-16,19-20H. The van der Waals surface area contributed by atoms with Crippen molar-refractivity contribution in [1.82, 2.24) is 9.99 Å². The van der Waals surface area contributed by atoms with Crippen molar-refractivity contribution in [2.75, 3.05) is 5.43 Å². The number of rotatable bonds is 3. The van der Waals surface area contributed by atoms with Gasteiger partial charge >= 0.3 is 0 Å². The molecule has 0 radical (unpaired) electrons. The molecule has 1 aromatic heterocycles. The van der Waals surface area contributed by atoms with Gasteiger partial charge in [0.15, 0.2) is 0 Å². The Morgan fingerprint density at radius 2 is 1.77 bits per heavy atom. The fraction of sp³-hybridized carbons (Fsp3) is 0.118. The van der Waals surface area contributed by atoms with Crippen molar-refractivity contribution in [3.63, 3.8) is 0 Å². The van der Waals surface area contributed by atoms with Crippen LogP contribution in [0, 0.1) is 0 Å². The lowest BCUT2D eigenvalue weighted by Gasteiger charge is -2.44. The number of aromatic nitrogens is 1. The maximum Gasteiger partial charge on any atom is 0.262 e. The Hall–Kier alpha value is -2.46. The van der Waals surface area contributed by atoms with Crippen molar-refractivity contribution in [2.24, 2.45) is 0 Å². The summed E-state index contributed by atoms with van der Waals surface area (Å²) in [6.45, 7) is 0. The van der Waals surface area contributed by atoms with Crippen molar-refractivity contribution in [3.05, 3.63) is 66.4 Å². The van der Waals surface area contributed by atoms with E-state index >= 15 is 0 Å². The number of nitrogens with zero attached hydrogens (tertiary/aromatic N) is 1. The number of hydrazine groups is 1. The lowest BCUT2D eigenvalue weighted by atomic mass is 9.95. The topological polar surface area (TPSA) is 48.1 Å². The largest absolute Gasteiger partial charge is 0.361 e.